The fourth-order valence-corrected chi connectivity index (χ4v) is 8.85. The van der Waals surface area contributed by atoms with E-state index in [4.69, 9.17) is 0 Å². The summed E-state index contributed by atoms with van der Waals surface area (Å²) in [7, 11) is 0. The van der Waals surface area contributed by atoms with E-state index in [1.807, 2.05) is 6.08 Å². The highest BCUT2D eigenvalue weighted by atomic mass is 15.0. The zero-order valence-corrected chi connectivity index (χ0v) is 27.8. The van der Waals surface area contributed by atoms with Gasteiger partial charge in [-0.1, -0.05) is 122 Å². The second kappa shape index (κ2) is 10.8. The Morgan fingerprint density at radius 2 is 1.10 bits per heavy atom. The van der Waals surface area contributed by atoms with Crippen molar-refractivity contribution in [2.24, 2.45) is 0 Å². The molecule has 2 nitrogen and oxygen atoms in total. The molecule has 8 aromatic rings. The Kier molecular flexibility index (Phi) is 6.19. The average molecular weight is 639 g/mol. The van der Waals surface area contributed by atoms with Gasteiger partial charge in [0.15, 0.2) is 0 Å². The summed E-state index contributed by atoms with van der Waals surface area (Å²) in [5, 5.41) is 6.17. The molecule has 0 aliphatic heterocycles. The fraction of sp³-hybridized carbons (Fsp3) is 0.0417. The zero-order valence-electron chi connectivity index (χ0n) is 27.8. The number of para-hydroxylation sites is 2. The standard InChI is InChI=1S/C48H34N2/c1-3-35(4-2)50-46-21-13-10-18-40(46)41-28-31(23-27-47(41)50)32-22-25-38-39-26-24-34(49-33-14-6-5-7-15-33)30-45(39)48(44(38)29-32)42-19-11-8-16-36(42)37-17-9-12-20-43(37)48/h3-30,49H,1H2,2H3/b35-4+. The second-order valence-electron chi connectivity index (χ2n) is 13.4. The third kappa shape index (κ3) is 3.85. The van der Waals surface area contributed by atoms with Crippen LogP contribution in [0, 0.1) is 0 Å². The smallest absolute Gasteiger partial charge is 0.0726 e. The summed E-state index contributed by atoms with van der Waals surface area (Å²) in [4.78, 5) is 0. The highest BCUT2D eigenvalue weighted by molar-refractivity contribution is 6.11. The topological polar surface area (TPSA) is 17.0 Å². The molecule has 1 heterocycles. The Bertz CT molecular complexity index is 2660. The number of hydrogen-bond acceptors (Lipinski definition) is 1. The Morgan fingerprint density at radius 3 is 1.84 bits per heavy atom. The van der Waals surface area contributed by atoms with E-state index >= 15 is 0 Å². The van der Waals surface area contributed by atoms with Gasteiger partial charge in [0.25, 0.3) is 0 Å². The molecule has 10 rings (SSSR count). The summed E-state index contributed by atoms with van der Waals surface area (Å²) in [6, 6.07) is 58.2. The van der Waals surface area contributed by atoms with E-state index < -0.39 is 5.41 Å². The molecule has 1 N–H and O–H groups in total. The summed E-state index contributed by atoms with van der Waals surface area (Å²) in [5.74, 6) is 0. The van der Waals surface area contributed by atoms with Gasteiger partial charge in [0.1, 0.15) is 0 Å². The van der Waals surface area contributed by atoms with E-state index in [1.54, 1.807) is 0 Å². The number of benzene rings is 7. The number of nitrogens with one attached hydrogen (secondary N) is 1. The first kappa shape index (κ1) is 28.6. The van der Waals surface area contributed by atoms with Crippen LogP contribution < -0.4 is 5.32 Å². The molecule has 7 aromatic carbocycles. The Hall–Kier alpha value is -6.38. The summed E-state index contributed by atoms with van der Waals surface area (Å²) in [6.07, 6.45) is 4.07. The SMILES string of the molecule is C=C/C(=C\C)n1c2ccccc2c2cc(-c3ccc4c(c3)C3(c5ccccc5-c5ccccc53)c3cc(Nc5ccccc5)ccc3-4)ccc21. The van der Waals surface area contributed by atoms with Gasteiger partial charge in [0.05, 0.1) is 16.4 Å². The first-order chi connectivity index (χ1) is 24.7. The quantitative estimate of drug-likeness (QED) is 0.186. The first-order valence-corrected chi connectivity index (χ1v) is 17.3. The van der Waals surface area contributed by atoms with Gasteiger partial charge >= 0.3 is 0 Å². The van der Waals surface area contributed by atoms with E-state index in [2.05, 4.69) is 187 Å². The number of allylic oxidation sites excluding steroid dienone is 3. The largest absolute Gasteiger partial charge is 0.356 e. The summed E-state index contributed by atoms with van der Waals surface area (Å²) in [5.41, 5.74) is 18.2. The normalized spacial score (nSPS) is 13.7. The maximum Gasteiger partial charge on any atom is 0.0726 e. The maximum absolute atomic E-state index is 4.12. The Morgan fingerprint density at radius 1 is 0.520 bits per heavy atom. The van der Waals surface area contributed by atoms with Crippen LogP contribution in [0.2, 0.25) is 0 Å². The molecular formula is C48H34N2. The number of hydrogen-bond donors (Lipinski definition) is 1. The molecule has 0 bridgehead atoms. The number of aromatic nitrogens is 1. The van der Waals surface area contributed by atoms with Gasteiger partial charge in [-0.2, -0.15) is 0 Å². The molecule has 50 heavy (non-hydrogen) atoms. The lowest BCUT2D eigenvalue weighted by Crippen LogP contribution is -2.26. The predicted molar refractivity (Wildman–Crippen MR) is 211 cm³/mol. The fourth-order valence-electron chi connectivity index (χ4n) is 8.85. The van der Waals surface area contributed by atoms with Gasteiger partial charge in [-0.3, -0.25) is 0 Å². The van der Waals surface area contributed by atoms with Crippen LogP contribution in [0.15, 0.2) is 176 Å². The van der Waals surface area contributed by atoms with Gasteiger partial charge < -0.3 is 9.88 Å². The third-order valence-electron chi connectivity index (χ3n) is 10.9. The van der Waals surface area contributed by atoms with Crippen LogP contribution in [0.5, 0.6) is 0 Å². The number of rotatable bonds is 5. The molecule has 2 aliphatic rings. The minimum atomic E-state index is -0.437. The molecule has 0 saturated heterocycles. The minimum Gasteiger partial charge on any atom is -0.356 e. The highest BCUT2D eigenvalue weighted by Gasteiger charge is 2.51. The van der Waals surface area contributed by atoms with Crippen LogP contribution in [-0.4, -0.2) is 4.57 Å². The van der Waals surface area contributed by atoms with Crippen molar-refractivity contribution in [2.75, 3.05) is 5.32 Å². The Balaban J connectivity index is 1.22. The zero-order chi connectivity index (χ0) is 33.4. The van der Waals surface area contributed by atoms with Crippen molar-refractivity contribution in [1.29, 1.82) is 0 Å². The maximum atomic E-state index is 4.12. The van der Waals surface area contributed by atoms with Gasteiger partial charge in [-0.15, -0.1) is 0 Å². The van der Waals surface area contributed by atoms with E-state index in [0.29, 0.717) is 0 Å². The van der Waals surface area contributed by atoms with Gasteiger partial charge in [0.2, 0.25) is 0 Å². The third-order valence-corrected chi connectivity index (χ3v) is 10.9. The van der Waals surface area contributed by atoms with E-state index in [9.17, 15) is 0 Å². The van der Waals surface area contributed by atoms with E-state index in [-0.39, 0.29) is 0 Å². The lowest BCUT2D eigenvalue weighted by Gasteiger charge is -2.31. The summed E-state index contributed by atoms with van der Waals surface area (Å²) in [6.45, 7) is 6.19. The molecule has 0 atom stereocenters. The molecule has 2 heteroatoms. The molecule has 0 saturated carbocycles. The molecule has 1 aromatic heterocycles. The van der Waals surface area contributed by atoms with Crippen molar-refractivity contribution in [2.45, 2.75) is 12.3 Å². The molecule has 2 aliphatic carbocycles. The molecular weight excluding hydrogens is 605 g/mol. The summed E-state index contributed by atoms with van der Waals surface area (Å²) < 4.78 is 2.32. The minimum absolute atomic E-state index is 0.437. The van der Waals surface area contributed by atoms with Crippen molar-refractivity contribution in [3.05, 3.63) is 199 Å². The van der Waals surface area contributed by atoms with Crippen LogP contribution in [0.1, 0.15) is 29.2 Å². The molecule has 0 radical (unpaired) electrons. The molecule has 236 valence electrons. The van der Waals surface area contributed by atoms with Crippen LogP contribution in [0.4, 0.5) is 11.4 Å². The molecule has 0 unspecified atom stereocenters. The number of fused-ring (bicyclic) bond motifs is 13. The molecule has 1 spiro atoms. The van der Waals surface area contributed by atoms with E-state index in [1.165, 1.54) is 77.4 Å². The van der Waals surface area contributed by atoms with Gasteiger partial charge in [-0.05, 0) is 117 Å². The van der Waals surface area contributed by atoms with E-state index in [0.717, 1.165) is 17.1 Å². The van der Waals surface area contributed by atoms with Crippen molar-refractivity contribution in [1.82, 2.24) is 4.57 Å². The van der Waals surface area contributed by atoms with Gasteiger partial charge in [-0.25, -0.2) is 0 Å². The number of anilines is 2. The van der Waals surface area contributed by atoms with Crippen LogP contribution in [0.25, 0.3) is 60.9 Å². The lowest BCUT2D eigenvalue weighted by molar-refractivity contribution is 0.794. The summed E-state index contributed by atoms with van der Waals surface area (Å²) >= 11 is 0. The monoisotopic (exact) mass is 638 g/mol. The van der Waals surface area contributed by atoms with Crippen LogP contribution in [-0.2, 0) is 5.41 Å². The predicted octanol–water partition coefficient (Wildman–Crippen LogP) is 12.6. The van der Waals surface area contributed by atoms with Crippen molar-refractivity contribution >= 4 is 38.9 Å². The second-order valence-corrected chi connectivity index (χ2v) is 13.4. The van der Waals surface area contributed by atoms with Crippen molar-refractivity contribution < 1.29 is 0 Å². The highest BCUT2D eigenvalue weighted by Crippen LogP contribution is 2.63. The van der Waals surface area contributed by atoms with Crippen molar-refractivity contribution in [3.63, 3.8) is 0 Å². The van der Waals surface area contributed by atoms with Crippen molar-refractivity contribution in [3.8, 4) is 33.4 Å². The van der Waals surface area contributed by atoms with Gasteiger partial charge in [0, 0.05) is 27.8 Å². The molecule has 0 fully saturated rings. The molecule has 0 amide bonds. The average Bonchev–Trinajstić information content (AvgIpc) is 3.77. The number of nitrogens with zero attached hydrogens (tertiary/aromatic N) is 1. The first-order valence-electron chi connectivity index (χ1n) is 17.3. The van der Waals surface area contributed by atoms with Crippen LogP contribution in [0.3, 0.4) is 0 Å². The lowest BCUT2D eigenvalue weighted by atomic mass is 9.70. The van der Waals surface area contributed by atoms with Crippen LogP contribution >= 0.6 is 0 Å². The Labute approximate surface area is 292 Å².